The summed E-state index contributed by atoms with van der Waals surface area (Å²) in [7, 11) is 1.94. The van der Waals surface area contributed by atoms with Crippen LogP contribution in [0.5, 0.6) is 0 Å². The van der Waals surface area contributed by atoms with Crippen LogP contribution in [-0.2, 0) is 12.8 Å². The van der Waals surface area contributed by atoms with E-state index >= 15 is 0 Å². The molecule has 3 heterocycles. The maximum Gasteiger partial charge on any atom is 0.173 e. The van der Waals surface area contributed by atoms with E-state index in [1.54, 1.807) is 11.3 Å². The molecule has 0 spiro atoms. The summed E-state index contributed by atoms with van der Waals surface area (Å²) in [5.41, 5.74) is 1.47. The van der Waals surface area contributed by atoms with Gasteiger partial charge in [-0.3, -0.25) is 0 Å². The Morgan fingerprint density at radius 1 is 1.26 bits per heavy atom. The highest BCUT2D eigenvalue weighted by Gasteiger charge is 2.22. The number of fused-ring (bicyclic) bond motifs is 3. The van der Waals surface area contributed by atoms with Crippen molar-refractivity contribution in [1.29, 1.82) is 0 Å². The lowest BCUT2D eigenvalue weighted by Crippen LogP contribution is -1.97. The van der Waals surface area contributed by atoms with Gasteiger partial charge in [0, 0.05) is 11.9 Å². The predicted molar refractivity (Wildman–Crippen MR) is 82.3 cm³/mol. The molecule has 0 bridgehead atoms. The molecule has 0 saturated carbocycles. The van der Waals surface area contributed by atoms with Gasteiger partial charge in [0.2, 0.25) is 0 Å². The number of anilines is 1. The number of rotatable bonds is 2. The first-order chi connectivity index (χ1) is 9.36. The quantitative estimate of drug-likeness (QED) is 0.775. The first-order valence-corrected chi connectivity index (χ1v) is 8.10. The average molecular weight is 287 g/mol. The van der Waals surface area contributed by atoms with Crippen molar-refractivity contribution in [2.24, 2.45) is 0 Å². The molecule has 0 atom stereocenters. The van der Waals surface area contributed by atoms with Crippen LogP contribution in [0.25, 0.3) is 20.9 Å². The lowest BCUT2D eigenvalue weighted by Gasteiger charge is -2.05. The largest absolute Gasteiger partial charge is 0.372 e. The zero-order chi connectivity index (χ0) is 12.8. The number of thiophene rings is 2. The van der Waals surface area contributed by atoms with Crippen molar-refractivity contribution in [2.75, 3.05) is 12.4 Å². The van der Waals surface area contributed by atoms with Crippen molar-refractivity contribution in [1.82, 2.24) is 9.97 Å². The fourth-order valence-corrected chi connectivity index (χ4v) is 4.61. The summed E-state index contributed by atoms with van der Waals surface area (Å²) in [5, 5.41) is 6.56. The van der Waals surface area contributed by atoms with E-state index in [-0.39, 0.29) is 0 Å². The van der Waals surface area contributed by atoms with Crippen LogP contribution >= 0.6 is 22.7 Å². The van der Waals surface area contributed by atoms with Crippen LogP contribution in [-0.4, -0.2) is 17.0 Å². The molecule has 1 aliphatic carbocycles. The summed E-state index contributed by atoms with van der Waals surface area (Å²) in [4.78, 5) is 13.2. The van der Waals surface area contributed by atoms with Gasteiger partial charge in [-0.05, 0) is 36.3 Å². The minimum absolute atomic E-state index is 0.840. The fraction of sp³-hybridized carbons (Fsp3) is 0.286. The lowest BCUT2D eigenvalue weighted by atomic mass is 10.2. The molecule has 3 aromatic rings. The number of nitrogens with one attached hydrogen (secondary N) is 1. The average Bonchev–Trinajstić information content (AvgIpc) is 3.13. The number of nitrogens with zero attached hydrogens (tertiary/aromatic N) is 2. The highest BCUT2D eigenvalue weighted by Crippen LogP contribution is 2.40. The molecular formula is C14H13N3S2. The minimum Gasteiger partial charge on any atom is -0.372 e. The number of hydrogen-bond acceptors (Lipinski definition) is 5. The Kier molecular flexibility index (Phi) is 2.56. The smallest absolute Gasteiger partial charge is 0.173 e. The van der Waals surface area contributed by atoms with Gasteiger partial charge in [0.15, 0.2) is 5.82 Å². The van der Waals surface area contributed by atoms with E-state index in [0.29, 0.717) is 0 Å². The van der Waals surface area contributed by atoms with E-state index in [1.807, 2.05) is 24.5 Å². The van der Waals surface area contributed by atoms with E-state index in [1.165, 1.54) is 35.1 Å². The lowest BCUT2D eigenvalue weighted by molar-refractivity contribution is 0.917. The Bertz CT molecular complexity index is 744. The van der Waals surface area contributed by atoms with Crippen molar-refractivity contribution in [3.8, 4) is 10.7 Å². The zero-order valence-corrected chi connectivity index (χ0v) is 12.2. The van der Waals surface area contributed by atoms with Crippen molar-refractivity contribution in [3.05, 3.63) is 28.0 Å². The molecule has 0 fully saturated rings. The van der Waals surface area contributed by atoms with Crippen LogP contribution in [0.15, 0.2) is 17.5 Å². The van der Waals surface area contributed by atoms with Gasteiger partial charge in [-0.25, -0.2) is 9.97 Å². The number of hydrogen-bond donors (Lipinski definition) is 1. The van der Waals surface area contributed by atoms with Gasteiger partial charge in [-0.1, -0.05) is 6.07 Å². The van der Waals surface area contributed by atoms with Crippen LogP contribution in [0, 0.1) is 0 Å². The molecule has 0 saturated heterocycles. The van der Waals surface area contributed by atoms with E-state index in [9.17, 15) is 0 Å². The number of aromatic nitrogens is 2. The maximum atomic E-state index is 4.77. The summed E-state index contributed by atoms with van der Waals surface area (Å²) < 4.78 is 0. The maximum absolute atomic E-state index is 4.77. The Hall–Kier alpha value is -1.46. The molecule has 0 radical (unpaired) electrons. The van der Waals surface area contributed by atoms with Crippen molar-refractivity contribution >= 4 is 38.7 Å². The van der Waals surface area contributed by atoms with Crippen LogP contribution < -0.4 is 5.32 Å². The minimum atomic E-state index is 0.840. The molecule has 3 aromatic heterocycles. The molecule has 19 heavy (non-hydrogen) atoms. The van der Waals surface area contributed by atoms with E-state index < -0.39 is 0 Å². The van der Waals surface area contributed by atoms with E-state index in [0.717, 1.165) is 21.3 Å². The standard InChI is InChI=1S/C14H13N3S2/c1-15-13-11-8-4-2-5-9(8)19-14(11)17-12(16-13)10-6-3-7-18-10/h3,6-7H,2,4-5H2,1H3,(H,15,16,17). The SMILES string of the molecule is CNc1nc(-c2cccs2)nc2sc3c(c12)CCC3. The van der Waals surface area contributed by atoms with Crippen molar-refractivity contribution in [2.45, 2.75) is 19.3 Å². The third-order valence-electron chi connectivity index (χ3n) is 3.54. The molecule has 0 amide bonds. The van der Waals surface area contributed by atoms with Crippen molar-refractivity contribution in [3.63, 3.8) is 0 Å². The van der Waals surface area contributed by atoms with Crippen LogP contribution in [0.2, 0.25) is 0 Å². The summed E-state index contributed by atoms with van der Waals surface area (Å²) in [6, 6.07) is 4.12. The molecule has 96 valence electrons. The van der Waals surface area contributed by atoms with Gasteiger partial charge >= 0.3 is 0 Å². The predicted octanol–water partition coefficient (Wildman–Crippen LogP) is 3.95. The van der Waals surface area contributed by atoms with E-state index in [2.05, 4.69) is 16.8 Å². The van der Waals surface area contributed by atoms with Gasteiger partial charge in [0.1, 0.15) is 10.6 Å². The van der Waals surface area contributed by atoms with Crippen LogP contribution in [0.1, 0.15) is 16.9 Å². The van der Waals surface area contributed by atoms with Gasteiger partial charge in [0.25, 0.3) is 0 Å². The first kappa shape index (κ1) is 11.4. The normalized spacial score (nSPS) is 13.9. The summed E-state index contributed by atoms with van der Waals surface area (Å²) >= 11 is 3.53. The molecule has 1 N–H and O–H groups in total. The Labute approximate surface area is 119 Å². The highest BCUT2D eigenvalue weighted by atomic mass is 32.1. The van der Waals surface area contributed by atoms with E-state index in [4.69, 9.17) is 9.97 Å². The Balaban J connectivity index is 2.01. The highest BCUT2D eigenvalue weighted by molar-refractivity contribution is 7.19. The summed E-state index contributed by atoms with van der Waals surface area (Å²) in [5.74, 6) is 1.82. The van der Waals surface area contributed by atoms with Gasteiger partial charge < -0.3 is 5.32 Å². The fourth-order valence-electron chi connectivity index (χ4n) is 2.69. The molecule has 0 aliphatic heterocycles. The van der Waals surface area contributed by atoms with Gasteiger partial charge in [-0.2, -0.15) is 0 Å². The van der Waals surface area contributed by atoms with Crippen LogP contribution in [0.4, 0.5) is 5.82 Å². The monoisotopic (exact) mass is 287 g/mol. The Morgan fingerprint density at radius 2 is 2.21 bits per heavy atom. The third kappa shape index (κ3) is 1.69. The van der Waals surface area contributed by atoms with Crippen LogP contribution in [0.3, 0.4) is 0 Å². The van der Waals surface area contributed by atoms with Crippen molar-refractivity contribution < 1.29 is 0 Å². The molecule has 0 aromatic carbocycles. The van der Waals surface area contributed by atoms with Gasteiger partial charge in [-0.15, -0.1) is 22.7 Å². The molecule has 1 aliphatic rings. The number of aryl methyl sites for hydroxylation is 2. The third-order valence-corrected chi connectivity index (χ3v) is 5.59. The molecule has 4 rings (SSSR count). The molecular weight excluding hydrogens is 274 g/mol. The van der Waals surface area contributed by atoms with Gasteiger partial charge in [0.05, 0.1) is 10.3 Å². The summed E-state index contributed by atoms with van der Waals surface area (Å²) in [6.07, 6.45) is 3.65. The Morgan fingerprint density at radius 3 is 3.00 bits per heavy atom. The zero-order valence-electron chi connectivity index (χ0n) is 10.6. The molecule has 3 nitrogen and oxygen atoms in total. The summed E-state index contributed by atoms with van der Waals surface area (Å²) in [6.45, 7) is 0. The molecule has 0 unspecified atom stereocenters. The second kappa shape index (κ2) is 4.28. The second-order valence-electron chi connectivity index (χ2n) is 4.66. The first-order valence-electron chi connectivity index (χ1n) is 6.40. The second-order valence-corrected chi connectivity index (χ2v) is 6.69. The topological polar surface area (TPSA) is 37.8 Å². The molecule has 5 heteroatoms.